The normalized spacial score (nSPS) is 24.7. The summed E-state index contributed by atoms with van der Waals surface area (Å²) in [6.45, 7) is 4.96. The van der Waals surface area contributed by atoms with E-state index in [1.807, 2.05) is 13.8 Å². The molecule has 106 valence electrons. The van der Waals surface area contributed by atoms with Gasteiger partial charge in [0.05, 0.1) is 12.7 Å². The van der Waals surface area contributed by atoms with Crippen molar-refractivity contribution in [2.24, 2.45) is 5.92 Å². The standard InChI is InChI=1S/C14H18F3NO/c1-3-18-14(9-4-8(2)19-7-9)10-5-12(16)13(17)6-11(10)15/h5-6,8-9,14,18H,3-4,7H2,1-2H3. The summed E-state index contributed by atoms with van der Waals surface area (Å²) >= 11 is 0. The van der Waals surface area contributed by atoms with E-state index in [1.54, 1.807) is 0 Å². The maximum Gasteiger partial charge on any atom is 0.161 e. The van der Waals surface area contributed by atoms with Crippen LogP contribution in [0.2, 0.25) is 0 Å². The highest BCUT2D eigenvalue weighted by Gasteiger charge is 2.32. The van der Waals surface area contributed by atoms with E-state index >= 15 is 0 Å². The van der Waals surface area contributed by atoms with E-state index in [2.05, 4.69) is 5.32 Å². The van der Waals surface area contributed by atoms with Gasteiger partial charge in [-0.25, -0.2) is 13.2 Å². The average molecular weight is 273 g/mol. The smallest absolute Gasteiger partial charge is 0.161 e. The molecule has 1 fully saturated rings. The van der Waals surface area contributed by atoms with E-state index in [0.29, 0.717) is 19.2 Å². The largest absolute Gasteiger partial charge is 0.378 e. The molecule has 1 aromatic carbocycles. The van der Waals surface area contributed by atoms with Crippen LogP contribution in [0.5, 0.6) is 0 Å². The van der Waals surface area contributed by atoms with Crippen LogP contribution in [0.25, 0.3) is 0 Å². The second-order valence-electron chi connectivity index (χ2n) is 4.96. The van der Waals surface area contributed by atoms with Crippen molar-refractivity contribution in [3.05, 3.63) is 35.1 Å². The number of halogens is 3. The first-order valence-electron chi connectivity index (χ1n) is 6.52. The van der Waals surface area contributed by atoms with E-state index in [4.69, 9.17) is 4.74 Å². The molecule has 0 aromatic heterocycles. The third-order valence-electron chi connectivity index (χ3n) is 3.50. The highest BCUT2D eigenvalue weighted by Crippen LogP contribution is 2.33. The van der Waals surface area contributed by atoms with E-state index in [-0.39, 0.29) is 23.6 Å². The van der Waals surface area contributed by atoms with Crippen LogP contribution < -0.4 is 5.32 Å². The van der Waals surface area contributed by atoms with Gasteiger partial charge in [-0.05, 0) is 26.0 Å². The van der Waals surface area contributed by atoms with E-state index in [1.165, 1.54) is 0 Å². The second-order valence-corrected chi connectivity index (χ2v) is 4.96. The van der Waals surface area contributed by atoms with Crippen molar-refractivity contribution in [1.29, 1.82) is 0 Å². The molecule has 1 N–H and O–H groups in total. The molecule has 2 rings (SSSR count). The number of nitrogens with one attached hydrogen (secondary N) is 1. The summed E-state index contributed by atoms with van der Waals surface area (Å²) in [5.74, 6) is -2.84. The van der Waals surface area contributed by atoms with Gasteiger partial charge in [-0.15, -0.1) is 0 Å². The SMILES string of the molecule is CCNC(c1cc(F)c(F)cc1F)C1COC(C)C1. The Morgan fingerprint density at radius 2 is 1.95 bits per heavy atom. The van der Waals surface area contributed by atoms with Crippen molar-refractivity contribution in [3.8, 4) is 0 Å². The van der Waals surface area contributed by atoms with Crippen molar-refractivity contribution in [2.45, 2.75) is 32.4 Å². The molecule has 3 atom stereocenters. The van der Waals surface area contributed by atoms with Gasteiger partial charge in [-0.2, -0.15) is 0 Å². The molecule has 3 unspecified atom stereocenters. The first-order chi connectivity index (χ1) is 9.02. The highest BCUT2D eigenvalue weighted by atomic mass is 19.2. The monoisotopic (exact) mass is 273 g/mol. The maximum atomic E-state index is 13.9. The van der Waals surface area contributed by atoms with Gasteiger partial charge in [0.25, 0.3) is 0 Å². The third-order valence-corrected chi connectivity index (χ3v) is 3.50. The van der Waals surface area contributed by atoms with Gasteiger partial charge in [0, 0.05) is 23.6 Å². The minimum Gasteiger partial charge on any atom is -0.378 e. The van der Waals surface area contributed by atoms with Crippen LogP contribution in [0, 0.1) is 23.4 Å². The molecule has 0 saturated carbocycles. The summed E-state index contributed by atoms with van der Waals surface area (Å²) in [4.78, 5) is 0. The summed E-state index contributed by atoms with van der Waals surface area (Å²) in [7, 11) is 0. The summed E-state index contributed by atoms with van der Waals surface area (Å²) in [5, 5.41) is 3.14. The number of hydrogen-bond donors (Lipinski definition) is 1. The fraction of sp³-hybridized carbons (Fsp3) is 0.571. The summed E-state index contributed by atoms with van der Waals surface area (Å²) < 4.78 is 45.7. The van der Waals surface area contributed by atoms with Gasteiger partial charge >= 0.3 is 0 Å². The van der Waals surface area contributed by atoms with E-state index < -0.39 is 17.5 Å². The van der Waals surface area contributed by atoms with Crippen molar-refractivity contribution >= 4 is 0 Å². The Balaban J connectivity index is 2.30. The Labute approximate surface area is 111 Å². The third kappa shape index (κ3) is 3.09. The molecule has 1 saturated heterocycles. The molecule has 1 aliphatic heterocycles. The molecular formula is C14H18F3NO. The minimum atomic E-state index is -1.16. The zero-order chi connectivity index (χ0) is 14.0. The van der Waals surface area contributed by atoms with Crippen molar-refractivity contribution < 1.29 is 17.9 Å². The minimum absolute atomic E-state index is 0.0642. The number of rotatable bonds is 4. The van der Waals surface area contributed by atoms with Gasteiger partial charge in [-0.3, -0.25) is 0 Å². The van der Waals surface area contributed by atoms with Crippen molar-refractivity contribution in [1.82, 2.24) is 5.32 Å². The fourth-order valence-corrected chi connectivity index (χ4v) is 2.61. The predicted octanol–water partition coefficient (Wildman–Crippen LogP) is 3.18. The molecule has 19 heavy (non-hydrogen) atoms. The van der Waals surface area contributed by atoms with Crippen LogP contribution in [-0.4, -0.2) is 19.3 Å². The van der Waals surface area contributed by atoms with Crippen molar-refractivity contribution in [2.75, 3.05) is 13.2 Å². The first kappa shape index (κ1) is 14.3. The molecule has 2 nitrogen and oxygen atoms in total. The molecular weight excluding hydrogens is 255 g/mol. The lowest BCUT2D eigenvalue weighted by molar-refractivity contribution is 0.116. The van der Waals surface area contributed by atoms with E-state index in [9.17, 15) is 13.2 Å². The number of benzene rings is 1. The summed E-state index contributed by atoms with van der Waals surface area (Å²) in [6, 6.07) is 1.19. The fourth-order valence-electron chi connectivity index (χ4n) is 2.61. The second kappa shape index (κ2) is 5.92. The molecule has 0 spiro atoms. The average Bonchev–Trinajstić information content (AvgIpc) is 2.78. The van der Waals surface area contributed by atoms with Crippen LogP contribution in [-0.2, 0) is 4.74 Å². The Morgan fingerprint density at radius 1 is 1.26 bits per heavy atom. The van der Waals surface area contributed by atoms with Crippen LogP contribution in [0.15, 0.2) is 12.1 Å². The summed E-state index contributed by atoms with van der Waals surface area (Å²) in [5.41, 5.74) is 0.170. The highest BCUT2D eigenvalue weighted by molar-refractivity contribution is 5.24. The predicted molar refractivity (Wildman–Crippen MR) is 66.3 cm³/mol. The lowest BCUT2D eigenvalue weighted by Crippen LogP contribution is -2.29. The van der Waals surface area contributed by atoms with Crippen LogP contribution in [0.4, 0.5) is 13.2 Å². The van der Waals surface area contributed by atoms with Crippen LogP contribution in [0.1, 0.15) is 31.9 Å². The molecule has 1 aliphatic rings. The van der Waals surface area contributed by atoms with Gasteiger partial charge in [-0.1, -0.05) is 6.92 Å². The van der Waals surface area contributed by atoms with Gasteiger partial charge in [0.2, 0.25) is 0 Å². The Morgan fingerprint density at radius 3 is 2.53 bits per heavy atom. The molecule has 0 amide bonds. The first-order valence-corrected chi connectivity index (χ1v) is 6.52. The van der Waals surface area contributed by atoms with Crippen LogP contribution >= 0.6 is 0 Å². The maximum absolute atomic E-state index is 13.9. The molecule has 0 bridgehead atoms. The number of hydrogen-bond acceptors (Lipinski definition) is 2. The lowest BCUT2D eigenvalue weighted by atomic mass is 9.90. The molecule has 0 aliphatic carbocycles. The Hall–Kier alpha value is -1.07. The molecule has 1 heterocycles. The van der Waals surface area contributed by atoms with Gasteiger partial charge in [0.1, 0.15) is 5.82 Å². The number of ether oxygens (including phenoxy) is 1. The zero-order valence-corrected chi connectivity index (χ0v) is 11.1. The quantitative estimate of drug-likeness (QED) is 0.851. The summed E-state index contributed by atoms with van der Waals surface area (Å²) in [6.07, 6.45) is 0.885. The molecule has 5 heteroatoms. The van der Waals surface area contributed by atoms with Gasteiger partial charge < -0.3 is 10.1 Å². The van der Waals surface area contributed by atoms with E-state index in [0.717, 1.165) is 12.5 Å². The molecule has 0 radical (unpaired) electrons. The Kier molecular flexibility index (Phi) is 4.47. The van der Waals surface area contributed by atoms with Crippen molar-refractivity contribution in [3.63, 3.8) is 0 Å². The van der Waals surface area contributed by atoms with Crippen LogP contribution in [0.3, 0.4) is 0 Å². The van der Waals surface area contributed by atoms with Gasteiger partial charge in [0.15, 0.2) is 11.6 Å². The Bertz CT molecular complexity index is 453. The lowest BCUT2D eigenvalue weighted by Gasteiger charge is -2.24. The topological polar surface area (TPSA) is 21.3 Å². The molecule has 1 aromatic rings. The zero-order valence-electron chi connectivity index (χ0n) is 11.1.